The first-order chi connectivity index (χ1) is 12.6. The Bertz CT molecular complexity index is 888. The predicted molar refractivity (Wildman–Crippen MR) is 94.2 cm³/mol. The third kappa shape index (κ3) is 2.73. The summed E-state index contributed by atoms with van der Waals surface area (Å²) in [5.74, 6) is -0.383. The van der Waals surface area contributed by atoms with Crippen molar-refractivity contribution in [2.75, 3.05) is 20.2 Å². The Labute approximate surface area is 150 Å². The highest BCUT2D eigenvalue weighted by molar-refractivity contribution is 5.96. The fourth-order valence-corrected chi connectivity index (χ4v) is 3.94. The number of hydrogen-bond acceptors (Lipinski definition) is 4. The molecule has 0 saturated carbocycles. The molecule has 0 aliphatic carbocycles. The van der Waals surface area contributed by atoms with Gasteiger partial charge in [-0.1, -0.05) is 18.2 Å². The second-order valence-electron chi connectivity index (χ2n) is 6.81. The van der Waals surface area contributed by atoms with Crippen molar-refractivity contribution >= 4 is 28.7 Å². The summed E-state index contributed by atoms with van der Waals surface area (Å²) in [5, 5.41) is 1.12. The lowest BCUT2D eigenvalue weighted by molar-refractivity contribution is -0.157. The Morgan fingerprint density at radius 3 is 2.88 bits per heavy atom. The number of hydrogen-bond donors (Lipinski definition) is 1. The number of carbonyl (C=O) groups is 3. The first kappa shape index (κ1) is 16.6. The molecule has 2 amide bonds. The average Bonchev–Trinajstić information content (AvgIpc) is 3.02. The zero-order chi connectivity index (χ0) is 18.3. The summed E-state index contributed by atoms with van der Waals surface area (Å²) in [6.45, 7) is 0.909. The molecule has 1 saturated heterocycles. The molecule has 7 nitrogen and oxygen atoms in total. The average molecular weight is 355 g/mol. The second-order valence-corrected chi connectivity index (χ2v) is 6.81. The van der Waals surface area contributed by atoms with Crippen molar-refractivity contribution in [1.29, 1.82) is 0 Å². The molecule has 2 aliphatic rings. The molecule has 2 aromatic rings. The van der Waals surface area contributed by atoms with Crippen LogP contribution in [0.5, 0.6) is 0 Å². The van der Waals surface area contributed by atoms with E-state index in [0.29, 0.717) is 25.9 Å². The van der Waals surface area contributed by atoms with E-state index < -0.39 is 6.04 Å². The Hall–Kier alpha value is -2.83. The maximum atomic E-state index is 12.9. The van der Waals surface area contributed by atoms with Crippen LogP contribution in [0.25, 0.3) is 10.9 Å². The summed E-state index contributed by atoms with van der Waals surface area (Å²) in [7, 11) is 1.34. The van der Waals surface area contributed by atoms with E-state index in [2.05, 4.69) is 9.72 Å². The van der Waals surface area contributed by atoms with E-state index in [1.54, 1.807) is 9.80 Å². The number of rotatable bonds is 4. The van der Waals surface area contributed by atoms with Gasteiger partial charge in [-0.2, -0.15) is 0 Å². The summed E-state index contributed by atoms with van der Waals surface area (Å²) in [6.07, 6.45) is 1.27. The Balaban J connectivity index is 1.54. The number of esters is 1. The van der Waals surface area contributed by atoms with Gasteiger partial charge in [0.15, 0.2) is 0 Å². The van der Waals surface area contributed by atoms with Crippen LogP contribution in [0.15, 0.2) is 24.3 Å². The Kier molecular flexibility index (Phi) is 4.14. The maximum Gasteiger partial charge on any atom is 0.305 e. The van der Waals surface area contributed by atoms with Crippen molar-refractivity contribution in [1.82, 2.24) is 14.8 Å². The summed E-state index contributed by atoms with van der Waals surface area (Å²) < 4.78 is 4.62. The van der Waals surface area contributed by atoms with Crippen molar-refractivity contribution in [3.8, 4) is 0 Å². The highest BCUT2D eigenvalue weighted by Gasteiger charge is 2.42. The van der Waals surface area contributed by atoms with Crippen molar-refractivity contribution in [2.24, 2.45) is 0 Å². The third-order valence-electron chi connectivity index (χ3n) is 5.28. The maximum absolute atomic E-state index is 12.9. The molecule has 1 aromatic heterocycles. The number of benzene rings is 1. The van der Waals surface area contributed by atoms with Crippen LogP contribution in [-0.2, 0) is 32.1 Å². The molecule has 1 N–H and O–H groups in total. The molecule has 1 unspecified atom stereocenters. The molecule has 26 heavy (non-hydrogen) atoms. The van der Waals surface area contributed by atoms with Gasteiger partial charge < -0.3 is 19.5 Å². The van der Waals surface area contributed by atoms with E-state index in [9.17, 15) is 14.4 Å². The largest absolute Gasteiger partial charge is 0.469 e. The van der Waals surface area contributed by atoms with Crippen LogP contribution in [0.2, 0.25) is 0 Å². The van der Waals surface area contributed by atoms with Crippen LogP contribution >= 0.6 is 0 Å². The molecular formula is C19H21N3O4. The van der Waals surface area contributed by atoms with E-state index in [4.69, 9.17) is 0 Å². The van der Waals surface area contributed by atoms with Gasteiger partial charge >= 0.3 is 5.97 Å². The van der Waals surface area contributed by atoms with Crippen LogP contribution in [0.4, 0.5) is 0 Å². The Morgan fingerprint density at radius 1 is 1.27 bits per heavy atom. The number of piperazine rings is 1. The minimum atomic E-state index is -0.457. The van der Waals surface area contributed by atoms with Crippen LogP contribution in [-0.4, -0.2) is 58.8 Å². The minimum Gasteiger partial charge on any atom is -0.469 e. The van der Waals surface area contributed by atoms with Gasteiger partial charge in [-0.3, -0.25) is 14.4 Å². The Morgan fingerprint density at radius 2 is 2.08 bits per heavy atom. The highest BCUT2D eigenvalue weighted by Crippen LogP contribution is 2.32. The number of ether oxygens (including phenoxy) is 1. The summed E-state index contributed by atoms with van der Waals surface area (Å²) in [4.78, 5) is 43.4. The van der Waals surface area contributed by atoms with Gasteiger partial charge in [-0.15, -0.1) is 0 Å². The molecule has 0 spiro atoms. The van der Waals surface area contributed by atoms with Crippen LogP contribution in [0.1, 0.15) is 24.1 Å². The number of aromatic amines is 1. The van der Waals surface area contributed by atoms with E-state index in [0.717, 1.165) is 22.2 Å². The molecule has 1 fully saturated rings. The van der Waals surface area contributed by atoms with Crippen molar-refractivity contribution in [2.45, 2.75) is 31.8 Å². The number of nitrogens with one attached hydrogen (secondary N) is 1. The molecule has 0 bridgehead atoms. The normalized spacial score (nSPS) is 19.5. The number of fused-ring (bicyclic) bond motifs is 4. The third-order valence-corrected chi connectivity index (χ3v) is 5.28. The molecular weight excluding hydrogens is 334 g/mol. The summed E-state index contributed by atoms with van der Waals surface area (Å²) >= 11 is 0. The number of amides is 2. The first-order valence-electron chi connectivity index (χ1n) is 8.82. The summed E-state index contributed by atoms with van der Waals surface area (Å²) in [6, 6.07) is 7.55. The van der Waals surface area contributed by atoms with Crippen molar-refractivity contribution in [3.05, 3.63) is 35.5 Å². The zero-order valence-electron chi connectivity index (χ0n) is 14.7. The number of carbonyl (C=O) groups excluding carboxylic acids is 3. The molecule has 0 radical (unpaired) electrons. The van der Waals surface area contributed by atoms with Crippen LogP contribution in [0, 0.1) is 0 Å². The number of nitrogens with zero attached hydrogens (tertiary/aromatic N) is 2. The molecule has 3 heterocycles. The van der Waals surface area contributed by atoms with Gasteiger partial charge in [0.05, 0.1) is 20.2 Å². The quantitative estimate of drug-likeness (QED) is 0.836. The van der Waals surface area contributed by atoms with E-state index in [1.807, 2.05) is 24.3 Å². The molecule has 7 heteroatoms. The SMILES string of the molecule is COC(=O)CCCN1CC(=O)N2Cc3[nH]c4ccccc4c3CC2C1=O. The fourth-order valence-electron chi connectivity index (χ4n) is 3.94. The minimum absolute atomic E-state index is 0.0367. The number of aromatic nitrogens is 1. The van der Waals surface area contributed by atoms with Crippen LogP contribution < -0.4 is 0 Å². The molecule has 1 aromatic carbocycles. The van der Waals surface area contributed by atoms with Gasteiger partial charge in [0.25, 0.3) is 0 Å². The molecule has 136 valence electrons. The molecule has 2 aliphatic heterocycles. The lowest BCUT2D eigenvalue weighted by Gasteiger charge is -2.42. The zero-order valence-corrected chi connectivity index (χ0v) is 14.7. The number of methoxy groups -OCH3 is 1. The van der Waals surface area contributed by atoms with E-state index in [-0.39, 0.29) is 30.7 Å². The first-order valence-corrected chi connectivity index (χ1v) is 8.82. The second kappa shape index (κ2) is 6.48. The van der Waals surface area contributed by atoms with Crippen molar-refractivity contribution < 1.29 is 19.1 Å². The lowest BCUT2D eigenvalue weighted by atomic mass is 9.94. The van der Waals surface area contributed by atoms with E-state index in [1.165, 1.54) is 7.11 Å². The highest BCUT2D eigenvalue weighted by atomic mass is 16.5. The van der Waals surface area contributed by atoms with Gasteiger partial charge in [0, 0.05) is 36.0 Å². The van der Waals surface area contributed by atoms with Gasteiger partial charge in [0.2, 0.25) is 11.8 Å². The van der Waals surface area contributed by atoms with E-state index >= 15 is 0 Å². The lowest BCUT2D eigenvalue weighted by Crippen LogP contribution is -2.61. The number of para-hydroxylation sites is 1. The van der Waals surface area contributed by atoms with Gasteiger partial charge in [-0.25, -0.2) is 0 Å². The standard InChI is InChI=1S/C19H21N3O4/c1-26-18(24)7-4-8-21-11-17(23)22-10-15-13(9-16(22)19(21)25)12-5-2-3-6-14(12)20-15/h2-3,5-6,16,20H,4,7-11H2,1H3. The van der Waals surface area contributed by atoms with Gasteiger partial charge in [0.1, 0.15) is 6.04 Å². The predicted octanol–water partition coefficient (Wildman–Crippen LogP) is 1.22. The van der Waals surface area contributed by atoms with Crippen molar-refractivity contribution in [3.63, 3.8) is 0 Å². The molecule has 1 atom stereocenters. The topological polar surface area (TPSA) is 82.7 Å². The smallest absolute Gasteiger partial charge is 0.305 e. The van der Waals surface area contributed by atoms with Gasteiger partial charge in [-0.05, 0) is 18.1 Å². The molecule has 4 rings (SSSR count). The monoisotopic (exact) mass is 355 g/mol. The van der Waals surface area contributed by atoms with Crippen LogP contribution in [0.3, 0.4) is 0 Å². The summed E-state index contributed by atoms with van der Waals surface area (Å²) in [5.41, 5.74) is 3.18. The fraction of sp³-hybridized carbons (Fsp3) is 0.421. The number of H-pyrrole nitrogens is 1.